The topological polar surface area (TPSA) is 56.7 Å². The van der Waals surface area contributed by atoms with E-state index in [-0.39, 0.29) is 0 Å². The van der Waals surface area contributed by atoms with Gasteiger partial charge < -0.3 is 5.73 Å². The molecular formula is C14H20N4. The highest BCUT2D eigenvalue weighted by Crippen LogP contribution is 2.19. The van der Waals surface area contributed by atoms with E-state index in [1.54, 1.807) is 0 Å². The van der Waals surface area contributed by atoms with Crippen LogP contribution in [0.25, 0.3) is 5.69 Å². The molecule has 4 heteroatoms. The number of hydrogen-bond acceptors (Lipinski definition) is 3. The molecule has 0 saturated heterocycles. The van der Waals surface area contributed by atoms with Gasteiger partial charge in [0.2, 0.25) is 0 Å². The Bertz CT molecular complexity index is 528. The predicted octanol–water partition coefficient (Wildman–Crippen LogP) is 2.20. The smallest absolute Gasteiger partial charge is 0.152 e. The van der Waals surface area contributed by atoms with Gasteiger partial charge in [-0.1, -0.05) is 32.0 Å². The van der Waals surface area contributed by atoms with E-state index in [2.05, 4.69) is 43.0 Å². The van der Waals surface area contributed by atoms with Gasteiger partial charge in [0.05, 0.1) is 5.69 Å². The highest BCUT2D eigenvalue weighted by Gasteiger charge is 2.15. The molecule has 0 bridgehead atoms. The van der Waals surface area contributed by atoms with Crippen LogP contribution in [-0.4, -0.2) is 21.3 Å². The lowest BCUT2D eigenvalue weighted by Gasteiger charge is -2.10. The normalized spacial score (nSPS) is 11.2. The Morgan fingerprint density at radius 3 is 2.61 bits per heavy atom. The van der Waals surface area contributed by atoms with Gasteiger partial charge in [0.1, 0.15) is 5.82 Å². The monoisotopic (exact) mass is 244 g/mol. The number of para-hydroxylation sites is 1. The minimum Gasteiger partial charge on any atom is -0.330 e. The second kappa shape index (κ2) is 5.31. The molecule has 1 heterocycles. The molecular weight excluding hydrogens is 224 g/mol. The van der Waals surface area contributed by atoms with E-state index in [9.17, 15) is 0 Å². The zero-order chi connectivity index (χ0) is 13.1. The summed E-state index contributed by atoms with van der Waals surface area (Å²) in [5, 5.41) is 4.58. The molecule has 2 rings (SSSR count). The maximum Gasteiger partial charge on any atom is 0.152 e. The first-order valence-corrected chi connectivity index (χ1v) is 6.35. The standard InChI is InChI=1S/C14H20N4/c1-10(2)14-16-13(8-9-15)17-18(14)12-7-5-4-6-11(12)3/h4-7,10H,8-9,15H2,1-3H3. The van der Waals surface area contributed by atoms with Crippen LogP contribution in [0.15, 0.2) is 24.3 Å². The first-order valence-electron chi connectivity index (χ1n) is 6.35. The number of rotatable bonds is 4. The molecule has 0 unspecified atom stereocenters. The summed E-state index contributed by atoms with van der Waals surface area (Å²) in [6.07, 6.45) is 0.721. The predicted molar refractivity (Wildman–Crippen MR) is 72.9 cm³/mol. The Kier molecular flexibility index (Phi) is 3.77. The third-order valence-corrected chi connectivity index (χ3v) is 2.90. The molecule has 1 aromatic carbocycles. The largest absolute Gasteiger partial charge is 0.330 e. The molecule has 0 aliphatic heterocycles. The molecule has 96 valence electrons. The number of nitrogens with two attached hydrogens (primary N) is 1. The maximum absolute atomic E-state index is 5.58. The molecule has 18 heavy (non-hydrogen) atoms. The van der Waals surface area contributed by atoms with E-state index >= 15 is 0 Å². The van der Waals surface area contributed by atoms with Crippen LogP contribution in [0.3, 0.4) is 0 Å². The lowest BCUT2D eigenvalue weighted by Crippen LogP contribution is -2.06. The van der Waals surface area contributed by atoms with Crippen LogP contribution in [0, 0.1) is 6.92 Å². The number of nitrogens with zero attached hydrogens (tertiary/aromatic N) is 3. The first kappa shape index (κ1) is 12.8. The number of benzene rings is 1. The van der Waals surface area contributed by atoms with Crippen molar-refractivity contribution in [3.63, 3.8) is 0 Å². The van der Waals surface area contributed by atoms with Crippen molar-refractivity contribution in [2.75, 3.05) is 6.54 Å². The van der Waals surface area contributed by atoms with Gasteiger partial charge in [0.25, 0.3) is 0 Å². The fourth-order valence-corrected chi connectivity index (χ4v) is 1.96. The van der Waals surface area contributed by atoms with Gasteiger partial charge in [0.15, 0.2) is 5.82 Å². The first-order chi connectivity index (χ1) is 8.63. The van der Waals surface area contributed by atoms with Crippen LogP contribution >= 0.6 is 0 Å². The number of hydrogen-bond donors (Lipinski definition) is 1. The summed E-state index contributed by atoms with van der Waals surface area (Å²) >= 11 is 0. The van der Waals surface area contributed by atoms with Crippen molar-refractivity contribution in [2.45, 2.75) is 33.1 Å². The summed E-state index contributed by atoms with van der Waals surface area (Å²) in [5.41, 5.74) is 7.87. The molecule has 2 N–H and O–H groups in total. The van der Waals surface area contributed by atoms with Crippen molar-refractivity contribution in [1.82, 2.24) is 14.8 Å². The Hall–Kier alpha value is -1.68. The average Bonchev–Trinajstić information content (AvgIpc) is 2.74. The Morgan fingerprint density at radius 1 is 1.28 bits per heavy atom. The van der Waals surface area contributed by atoms with E-state index in [0.29, 0.717) is 12.5 Å². The van der Waals surface area contributed by atoms with E-state index < -0.39 is 0 Å². The van der Waals surface area contributed by atoms with E-state index in [1.165, 1.54) is 5.56 Å². The van der Waals surface area contributed by atoms with Gasteiger partial charge in [-0.25, -0.2) is 9.67 Å². The third kappa shape index (κ3) is 2.43. The molecule has 1 aromatic heterocycles. The van der Waals surface area contributed by atoms with Crippen molar-refractivity contribution in [2.24, 2.45) is 5.73 Å². The molecule has 0 fully saturated rings. The van der Waals surface area contributed by atoms with Gasteiger partial charge in [-0.15, -0.1) is 0 Å². The minimum atomic E-state index is 0.337. The Labute approximate surface area is 108 Å². The van der Waals surface area contributed by atoms with Gasteiger partial charge in [-0.2, -0.15) is 5.10 Å². The lowest BCUT2D eigenvalue weighted by molar-refractivity contribution is 0.710. The molecule has 0 aliphatic carbocycles. The van der Waals surface area contributed by atoms with Crippen molar-refractivity contribution in [3.8, 4) is 5.69 Å². The molecule has 0 atom stereocenters. The van der Waals surface area contributed by atoms with Crippen molar-refractivity contribution in [3.05, 3.63) is 41.5 Å². The molecule has 0 spiro atoms. The SMILES string of the molecule is Cc1ccccc1-n1nc(CCN)nc1C(C)C. The summed E-state index contributed by atoms with van der Waals surface area (Å²) in [4.78, 5) is 4.59. The van der Waals surface area contributed by atoms with Crippen LogP contribution in [-0.2, 0) is 6.42 Å². The second-order valence-electron chi connectivity index (χ2n) is 4.78. The maximum atomic E-state index is 5.58. The summed E-state index contributed by atoms with van der Waals surface area (Å²) in [7, 11) is 0. The molecule has 4 nitrogen and oxygen atoms in total. The lowest BCUT2D eigenvalue weighted by atomic mass is 10.1. The van der Waals surface area contributed by atoms with Gasteiger partial charge in [-0.05, 0) is 25.1 Å². The van der Waals surface area contributed by atoms with Crippen molar-refractivity contribution in [1.29, 1.82) is 0 Å². The molecule has 0 amide bonds. The van der Waals surface area contributed by atoms with E-state index in [1.807, 2.05) is 16.8 Å². The van der Waals surface area contributed by atoms with Crippen LogP contribution in [0.4, 0.5) is 0 Å². The van der Waals surface area contributed by atoms with Crippen LogP contribution in [0.1, 0.15) is 37.0 Å². The third-order valence-electron chi connectivity index (χ3n) is 2.90. The zero-order valence-corrected chi connectivity index (χ0v) is 11.2. The second-order valence-corrected chi connectivity index (χ2v) is 4.78. The molecule has 0 radical (unpaired) electrons. The number of aromatic nitrogens is 3. The summed E-state index contributed by atoms with van der Waals surface area (Å²) < 4.78 is 1.95. The van der Waals surface area contributed by atoms with Gasteiger partial charge in [-0.3, -0.25) is 0 Å². The van der Waals surface area contributed by atoms with E-state index in [4.69, 9.17) is 5.73 Å². The van der Waals surface area contributed by atoms with Crippen molar-refractivity contribution >= 4 is 0 Å². The minimum absolute atomic E-state index is 0.337. The average molecular weight is 244 g/mol. The van der Waals surface area contributed by atoms with Crippen LogP contribution in [0.2, 0.25) is 0 Å². The summed E-state index contributed by atoms with van der Waals surface area (Å²) in [5.74, 6) is 2.15. The fraction of sp³-hybridized carbons (Fsp3) is 0.429. The van der Waals surface area contributed by atoms with Crippen molar-refractivity contribution < 1.29 is 0 Å². The highest BCUT2D eigenvalue weighted by molar-refractivity contribution is 5.40. The summed E-state index contributed by atoms with van der Waals surface area (Å²) in [6.45, 7) is 6.93. The van der Waals surface area contributed by atoms with Gasteiger partial charge >= 0.3 is 0 Å². The van der Waals surface area contributed by atoms with E-state index in [0.717, 1.165) is 23.8 Å². The number of aryl methyl sites for hydroxylation is 1. The van der Waals surface area contributed by atoms with Gasteiger partial charge in [0, 0.05) is 12.3 Å². The summed E-state index contributed by atoms with van der Waals surface area (Å²) in [6, 6.07) is 8.22. The molecule has 2 aromatic rings. The Balaban J connectivity index is 2.52. The zero-order valence-electron chi connectivity index (χ0n) is 11.2. The van der Waals surface area contributed by atoms with Crippen LogP contribution in [0.5, 0.6) is 0 Å². The van der Waals surface area contributed by atoms with Crippen LogP contribution < -0.4 is 5.73 Å². The fourth-order valence-electron chi connectivity index (χ4n) is 1.96. The quantitative estimate of drug-likeness (QED) is 0.897. The highest BCUT2D eigenvalue weighted by atomic mass is 15.4. The Morgan fingerprint density at radius 2 is 2.00 bits per heavy atom. The molecule has 0 saturated carbocycles. The molecule has 0 aliphatic rings.